The van der Waals surface area contributed by atoms with Gasteiger partial charge >= 0.3 is 0 Å². The zero-order chi connectivity index (χ0) is 21.4. The molecule has 29 heavy (non-hydrogen) atoms. The van der Waals surface area contributed by atoms with E-state index in [0.29, 0.717) is 4.31 Å². The molecule has 0 unspecified atom stereocenters. The van der Waals surface area contributed by atoms with E-state index in [4.69, 9.17) is 16.3 Å². The Morgan fingerprint density at radius 2 is 1.97 bits per heavy atom. The van der Waals surface area contributed by atoms with E-state index < -0.39 is 31.8 Å². The number of hydrogen-bond acceptors (Lipinski definition) is 6. The van der Waals surface area contributed by atoms with Crippen molar-refractivity contribution >= 4 is 48.9 Å². The summed E-state index contributed by atoms with van der Waals surface area (Å²) < 4.78 is 71.7. The number of amides is 1. The quantitative estimate of drug-likeness (QED) is 0.706. The SMILES string of the molecule is CCOc1ccc(N2C(=O)CCS2(=O)=O)cc1S(=O)(=O)Nc1ccc(F)c(Cl)c1. The molecule has 12 heteroatoms. The number of carbonyl (C=O) groups excluding carboxylic acids is 1. The molecule has 1 amide bonds. The van der Waals surface area contributed by atoms with Crippen molar-refractivity contribution in [1.82, 2.24) is 0 Å². The van der Waals surface area contributed by atoms with Gasteiger partial charge in [-0.1, -0.05) is 11.6 Å². The van der Waals surface area contributed by atoms with Crippen LogP contribution in [0.25, 0.3) is 0 Å². The van der Waals surface area contributed by atoms with Crippen LogP contribution in [-0.2, 0) is 24.8 Å². The summed E-state index contributed by atoms with van der Waals surface area (Å²) in [5, 5.41) is -0.280. The summed E-state index contributed by atoms with van der Waals surface area (Å²) in [6.07, 6.45) is -0.191. The number of rotatable bonds is 6. The summed E-state index contributed by atoms with van der Waals surface area (Å²) in [6.45, 7) is 1.79. The number of hydrogen-bond donors (Lipinski definition) is 1. The molecule has 2 aromatic carbocycles. The molecule has 0 aliphatic carbocycles. The minimum absolute atomic E-state index is 0.00544. The average Bonchev–Trinajstić information content (AvgIpc) is 2.91. The second-order valence-corrected chi connectivity index (χ2v) is 10.0. The number of halogens is 2. The van der Waals surface area contributed by atoms with Gasteiger partial charge in [0.15, 0.2) is 0 Å². The van der Waals surface area contributed by atoms with Crippen LogP contribution >= 0.6 is 11.6 Å². The normalized spacial score (nSPS) is 16.1. The maximum absolute atomic E-state index is 13.3. The molecule has 0 atom stereocenters. The number of anilines is 2. The molecule has 0 radical (unpaired) electrons. The van der Waals surface area contributed by atoms with E-state index in [9.17, 15) is 26.0 Å². The van der Waals surface area contributed by atoms with Crippen molar-refractivity contribution < 1.29 is 30.8 Å². The van der Waals surface area contributed by atoms with E-state index in [-0.39, 0.29) is 45.8 Å². The third-order valence-electron chi connectivity index (χ3n) is 4.00. The molecule has 0 saturated carbocycles. The Hall–Kier alpha value is -2.37. The largest absolute Gasteiger partial charge is 0.492 e. The fraction of sp³-hybridized carbons (Fsp3) is 0.235. The van der Waals surface area contributed by atoms with Crippen LogP contribution in [0.3, 0.4) is 0 Å². The lowest BCUT2D eigenvalue weighted by atomic mass is 10.3. The second kappa shape index (κ2) is 7.81. The molecular weight excluding hydrogens is 447 g/mol. The summed E-state index contributed by atoms with van der Waals surface area (Å²) >= 11 is 5.68. The first-order valence-corrected chi connectivity index (χ1v) is 11.8. The molecule has 8 nitrogen and oxygen atoms in total. The Morgan fingerprint density at radius 1 is 1.24 bits per heavy atom. The lowest BCUT2D eigenvalue weighted by Gasteiger charge is -2.18. The molecule has 0 aromatic heterocycles. The highest BCUT2D eigenvalue weighted by atomic mass is 35.5. The molecule has 1 aliphatic heterocycles. The van der Waals surface area contributed by atoms with E-state index in [1.807, 2.05) is 0 Å². The fourth-order valence-corrected chi connectivity index (χ4v) is 5.59. The molecule has 2 aromatic rings. The molecule has 1 aliphatic rings. The van der Waals surface area contributed by atoms with Crippen LogP contribution in [0.1, 0.15) is 13.3 Å². The molecular formula is C17H16ClFN2O6S2. The van der Waals surface area contributed by atoms with Gasteiger partial charge in [0.25, 0.3) is 10.0 Å². The maximum Gasteiger partial charge on any atom is 0.265 e. The fourth-order valence-electron chi connectivity index (χ4n) is 2.75. The number of carbonyl (C=O) groups is 1. The third kappa shape index (κ3) is 4.31. The first-order valence-electron chi connectivity index (χ1n) is 8.35. The van der Waals surface area contributed by atoms with Crippen molar-refractivity contribution in [2.24, 2.45) is 0 Å². The van der Waals surface area contributed by atoms with Crippen LogP contribution in [0.4, 0.5) is 15.8 Å². The van der Waals surface area contributed by atoms with Crippen molar-refractivity contribution in [2.75, 3.05) is 21.4 Å². The smallest absolute Gasteiger partial charge is 0.265 e. The van der Waals surface area contributed by atoms with Crippen molar-refractivity contribution in [1.29, 1.82) is 0 Å². The summed E-state index contributed by atoms with van der Waals surface area (Å²) in [7, 11) is -8.17. The van der Waals surface area contributed by atoms with Gasteiger partial charge in [-0.3, -0.25) is 9.52 Å². The Bertz CT molecular complexity index is 1180. The number of benzene rings is 2. The van der Waals surface area contributed by atoms with Crippen molar-refractivity contribution in [3.8, 4) is 5.75 Å². The molecule has 1 fully saturated rings. The van der Waals surface area contributed by atoms with Gasteiger partial charge in [0.05, 0.1) is 28.8 Å². The van der Waals surface area contributed by atoms with Crippen LogP contribution in [0, 0.1) is 5.82 Å². The standard InChI is InChI=1S/C17H16ClFN2O6S2/c1-2-27-15-6-4-12(21-17(22)7-8-28(21,23)24)10-16(15)29(25,26)20-11-3-5-14(19)13(18)9-11/h3-6,9-10,20H,2,7-8H2,1H3. The lowest BCUT2D eigenvalue weighted by molar-refractivity contribution is -0.116. The minimum atomic E-state index is -4.29. The predicted octanol–water partition coefficient (Wildman–Crippen LogP) is 2.75. The summed E-state index contributed by atoms with van der Waals surface area (Å²) in [4.78, 5) is 11.6. The zero-order valence-corrected chi connectivity index (χ0v) is 17.4. The van der Waals surface area contributed by atoms with Gasteiger partial charge in [-0.15, -0.1) is 0 Å². The second-order valence-electron chi connectivity index (χ2n) is 6.02. The number of sulfonamides is 2. The average molecular weight is 463 g/mol. The molecule has 156 valence electrons. The van der Waals surface area contributed by atoms with Crippen molar-refractivity contribution in [3.05, 3.63) is 47.2 Å². The number of nitrogens with one attached hydrogen (secondary N) is 1. The van der Waals surface area contributed by atoms with Gasteiger partial charge in [0, 0.05) is 6.42 Å². The lowest BCUT2D eigenvalue weighted by Crippen LogP contribution is -2.29. The van der Waals surface area contributed by atoms with Crippen LogP contribution in [-0.4, -0.2) is 35.1 Å². The summed E-state index contributed by atoms with van der Waals surface area (Å²) in [6, 6.07) is 6.87. The molecule has 0 bridgehead atoms. The highest BCUT2D eigenvalue weighted by molar-refractivity contribution is 7.94. The van der Waals surface area contributed by atoms with Gasteiger partial charge in [-0.25, -0.2) is 25.5 Å². The van der Waals surface area contributed by atoms with E-state index in [1.54, 1.807) is 6.92 Å². The Morgan fingerprint density at radius 3 is 2.55 bits per heavy atom. The van der Waals surface area contributed by atoms with Crippen LogP contribution < -0.4 is 13.8 Å². The molecule has 3 rings (SSSR count). The molecule has 0 spiro atoms. The first kappa shape index (κ1) is 21.3. The van der Waals surface area contributed by atoms with E-state index in [1.165, 1.54) is 18.2 Å². The van der Waals surface area contributed by atoms with Crippen LogP contribution in [0.2, 0.25) is 5.02 Å². The predicted molar refractivity (Wildman–Crippen MR) is 106 cm³/mol. The van der Waals surface area contributed by atoms with Gasteiger partial charge in [0.2, 0.25) is 15.9 Å². The Balaban J connectivity index is 2.08. The molecule has 1 heterocycles. The summed E-state index contributed by atoms with van der Waals surface area (Å²) in [5.74, 6) is -1.77. The topological polar surface area (TPSA) is 110 Å². The monoisotopic (exact) mass is 462 g/mol. The van der Waals surface area contributed by atoms with E-state index in [2.05, 4.69) is 4.72 Å². The first-order chi connectivity index (χ1) is 13.5. The number of ether oxygens (including phenoxy) is 1. The summed E-state index contributed by atoms with van der Waals surface area (Å²) in [5.41, 5.74) is -0.123. The van der Waals surface area contributed by atoms with Crippen molar-refractivity contribution in [2.45, 2.75) is 18.2 Å². The van der Waals surface area contributed by atoms with E-state index >= 15 is 0 Å². The molecule has 1 saturated heterocycles. The van der Waals surface area contributed by atoms with E-state index in [0.717, 1.165) is 18.2 Å². The Labute approximate surface area is 172 Å². The minimum Gasteiger partial charge on any atom is -0.492 e. The zero-order valence-electron chi connectivity index (χ0n) is 15.1. The van der Waals surface area contributed by atoms with Gasteiger partial charge in [-0.05, 0) is 43.3 Å². The van der Waals surface area contributed by atoms with Gasteiger partial charge in [0.1, 0.15) is 16.5 Å². The number of nitrogens with zero attached hydrogens (tertiary/aromatic N) is 1. The Kier molecular flexibility index (Phi) is 5.74. The third-order valence-corrected chi connectivity index (χ3v) is 7.38. The van der Waals surface area contributed by atoms with Crippen molar-refractivity contribution in [3.63, 3.8) is 0 Å². The molecule has 1 N–H and O–H groups in total. The van der Waals surface area contributed by atoms with Gasteiger partial charge in [-0.2, -0.15) is 0 Å². The van der Waals surface area contributed by atoms with Gasteiger partial charge < -0.3 is 4.74 Å². The van der Waals surface area contributed by atoms with Crippen LogP contribution in [0.5, 0.6) is 5.75 Å². The highest BCUT2D eigenvalue weighted by Crippen LogP contribution is 2.34. The van der Waals surface area contributed by atoms with Crippen LogP contribution in [0.15, 0.2) is 41.3 Å². The maximum atomic E-state index is 13.3. The highest BCUT2D eigenvalue weighted by Gasteiger charge is 2.37.